The fraction of sp³-hybridized carbons (Fsp3) is 0. The van der Waals surface area contributed by atoms with Gasteiger partial charge in [0.25, 0.3) is 0 Å². The molecule has 0 aliphatic heterocycles. The van der Waals surface area contributed by atoms with Crippen molar-refractivity contribution in [3.05, 3.63) is 87.9 Å². The lowest BCUT2D eigenvalue weighted by atomic mass is 9.83. The number of ketones is 2. The van der Waals surface area contributed by atoms with E-state index in [0.717, 1.165) is 0 Å². The molecular weight excluding hydrogens is 386 g/mol. The molecule has 4 rings (SSSR count). The maximum Gasteiger partial charge on any atom is 0.206 e. The highest BCUT2D eigenvalue weighted by Crippen LogP contribution is 2.33. The van der Waals surface area contributed by atoms with E-state index in [0.29, 0.717) is 5.02 Å². The van der Waals surface area contributed by atoms with Gasteiger partial charge in [0, 0.05) is 27.4 Å². The van der Waals surface area contributed by atoms with Crippen LogP contribution in [0.4, 0.5) is 5.69 Å². The molecule has 0 spiro atoms. The van der Waals surface area contributed by atoms with Gasteiger partial charge in [0.1, 0.15) is 0 Å². The van der Waals surface area contributed by atoms with Gasteiger partial charge in [0.15, 0.2) is 11.6 Å². The van der Waals surface area contributed by atoms with Gasteiger partial charge in [0.05, 0.1) is 15.4 Å². The third kappa shape index (κ3) is 2.65. The molecule has 0 amide bonds. The standard InChI is InChI=1S/C20H12ClNO4S/c21-11-4-6-12(7-5-11)27(25,26)13-8-9-14-16(10-13)19(23)15-2-1-3-17(22)18(15)20(14)24/h1-10H,22H2. The Labute approximate surface area is 160 Å². The van der Waals surface area contributed by atoms with Crippen LogP contribution < -0.4 is 5.73 Å². The molecule has 1 aliphatic carbocycles. The topological polar surface area (TPSA) is 94.3 Å². The minimum atomic E-state index is -3.86. The van der Waals surface area contributed by atoms with Crippen LogP contribution in [0, 0.1) is 0 Å². The Bertz CT molecular complexity index is 1230. The molecule has 5 nitrogen and oxygen atoms in total. The summed E-state index contributed by atoms with van der Waals surface area (Å²) in [7, 11) is -3.86. The fourth-order valence-corrected chi connectivity index (χ4v) is 4.53. The van der Waals surface area contributed by atoms with Crippen molar-refractivity contribution in [3.63, 3.8) is 0 Å². The third-order valence-corrected chi connectivity index (χ3v) is 6.50. The summed E-state index contributed by atoms with van der Waals surface area (Å²) in [5.41, 5.74) is 6.59. The van der Waals surface area contributed by atoms with Crippen LogP contribution in [0.15, 0.2) is 70.5 Å². The van der Waals surface area contributed by atoms with Crippen LogP contribution in [0.1, 0.15) is 31.8 Å². The van der Waals surface area contributed by atoms with Crippen molar-refractivity contribution in [2.75, 3.05) is 5.73 Å². The molecule has 0 atom stereocenters. The molecule has 0 saturated heterocycles. The molecule has 0 unspecified atom stereocenters. The molecular formula is C20H12ClNO4S. The van der Waals surface area contributed by atoms with Crippen molar-refractivity contribution in [2.24, 2.45) is 0 Å². The highest BCUT2D eigenvalue weighted by Gasteiger charge is 2.32. The number of benzene rings is 3. The van der Waals surface area contributed by atoms with Crippen molar-refractivity contribution < 1.29 is 18.0 Å². The number of nitrogens with two attached hydrogens (primary N) is 1. The maximum absolute atomic E-state index is 12.9. The van der Waals surface area contributed by atoms with Crippen LogP contribution in [0.3, 0.4) is 0 Å². The van der Waals surface area contributed by atoms with Crippen LogP contribution in [0.2, 0.25) is 5.02 Å². The highest BCUT2D eigenvalue weighted by molar-refractivity contribution is 7.91. The van der Waals surface area contributed by atoms with E-state index in [1.165, 1.54) is 48.5 Å². The molecule has 0 aromatic heterocycles. The molecule has 134 valence electrons. The minimum absolute atomic E-state index is 0.0473. The van der Waals surface area contributed by atoms with Crippen LogP contribution in [0.5, 0.6) is 0 Å². The Hall–Kier alpha value is -2.96. The van der Waals surface area contributed by atoms with Crippen LogP contribution >= 0.6 is 11.6 Å². The summed E-state index contributed by atoms with van der Waals surface area (Å²) in [5.74, 6) is -0.826. The Morgan fingerprint density at radius 2 is 1.41 bits per heavy atom. The molecule has 3 aromatic carbocycles. The molecule has 0 fully saturated rings. The average molecular weight is 398 g/mol. The Kier molecular flexibility index (Phi) is 3.91. The molecule has 0 saturated carbocycles. The van der Waals surface area contributed by atoms with Gasteiger partial charge in [-0.2, -0.15) is 0 Å². The molecule has 7 heteroatoms. The van der Waals surface area contributed by atoms with Gasteiger partial charge in [-0.25, -0.2) is 8.42 Å². The number of anilines is 1. The average Bonchev–Trinajstić information content (AvgIpc) is 2.66. The first kappa shape index (κ1) is 17.5. The summed E-state index contributed by atoms with van der Waals surface area (Å²) in [5, 5.41) is 0.411. The Balaban J connectivity index is 1.88. The quantitative estimate of drug-likeness (QED) is 0.522. The van der Waals surface area contributed by atoms with Crippen molar-refractivity contribution >= 4 is 38.7 Å². The zero-order valence-electron chi connectivity index (χ0n) is 13.8. The first-order valence-corrected chi connectivity index (χ1v) is 9.79. The van der Waals surface area contributed by atoms with Gasteiger partial charge in [-0.1, -0.05) is 23.7 Å². The minimum Gasteiger partial charge on any atom is -0.398 e. The number of halogens is 1. The summed E-state index contributed by atoms with van der Waals surface area (Å²) in [6, 6.07) is 14.3. The zero-order valence-corrected chi connectivity index (χ0v) is 15.3. The normalized spacial score (nSPS) is 13.2. The summed E-state index contributed by atoms with van der Waals surface area (Å²) in [4.78, 5) is 25.6. The molecule has 0 bridgehead atoms. The fourth-order valence-electron chi connectivity index (χ4n) is 3.12. The SMILES string of the molecule is Nc1cccc2c1C(=O)c1ccc(S(=O)(=O)c3ccc(Cl)cc3)cc1C2=O. The van der Waals surface area contributed by atoms with Crippen molar-refractivity contribution in [1.82, 2.24) is 0 Å². The predicted molar refractivity (Wildman–Crippen MR) is 101 cm³/mol. The molecule has 0 radical (unpaired) electrons. The van der Waals surface area contributed by atoms with Gasteiger partial charge in [-0.15, -0.1) is 0 Å². The highest BCUT2D eigenvalue weighted by atomic mass is 35.5. The lowest BCUT2D eigenvalue weighted by molar-refractivity contribution is 0.0979. The zero-order chi connectivity index (χ0) is 19.3. The largest absolute Gasteiger partial charge is 0.398 e. The summed E-state index contributed by atoms with van der Waals surface area (Å²) < 4.78 is 25.7. The summed E-state index contributed by atoms with van der Waals surface area (Å²) >= 11 is 5.81. The number of carbonyl (C=O) groups is 2. The predicted octanol–water partition coefficient (Wildman–Crippen LogP) is 3.53. The van der Waals surface area contributed by atoms with Gasteiger partial charge < -0.3 is 5.73 Å². The monoisotopic (exact) mass is 397 g/mol. The van der Waals surface area contributed by atoms with Crippen molar-refractivity contribution in [2.45, 2.75) is 9.79 Å². The second kappa shape index (κ2) is 6.04. The number of rotatable bonds is 2. The Morgan fingerprint density at radius 3 is 2.11 bits per heavy atom. The van der Waals surface area contributed by atoms with E-state index in [1.54, 1.807) is 12.1 Å². The Morgan fingerprint density at radius 1 is 0.741 bits per heavy atom. The number of carbonyl (C=O) groups excluding carboxylic acids is 2. The molecule has 1 aliphatic rings. The van der Waals surface area contributed by atoms with E-state index in [-0.39, 0.29) is 37.7 Å². The molecule has 2 N–H and O–H groups in total. The maximum atomic E-state index is 12.9. The van der Waals surface area contributed by atoms with Crippen molar-refractivity contribution in [1.29, 1.82) is 0 Å². The number of hydrogen-bond acceptors (Lipinski definition) is 5. The summed E-state index contributed by atoms with van der Waals surface area (Å²) in [6.45, 7) is 0. The van der Waals surface area contributed by atoms with Crippen LogP contribution in [-0.4, -0.2) is 20.0 Å². The number of nitrogen functional groups attached to an aromatic ring is 1. The molecule has 27 heavy (non-hydrogen) atoms. The van der Waals surface area contributed by atoms with Gasteiger partial charge in [-0.05, 0) is 48.5 Å². The second-order valence-corrected chi connectivity index (χ2v) is 8.48. The third-order valence-electron chi connectivity index (χ3n) is 4.48. The van der Waals surface area contributed by atoms with E-state index in [1.807, 2.05) is 0 Å². The second-order valence-electron chi connectivity index (χ2n) is 6.09. The van der Waals surface area contributed by atoms with Gasteiger partial charge in [-0.3, -0.25) is 9.59 Å². The smallest absolute Gasteiger partial charge is 0.206 e. The molecule has 0 heterocycles. The first-order chi connectivity index (χ1) is 12.8. The number of sulfone groups is 1. The first-order valence-electron chi connectivity index (χ1n) is 7.93. The van der Waals surface area contributed by atoms with E-state index >= 15 is 0 Å². The summed E-state index contributed by atoms with van der Waals surface area (Å²) in [6.07, 6.45) is 0. The lowest BCUT2D eigenvalue weighted by Gasteiger charge is -2.19. The van der Waals surface area contributed by atoms with E-state index in [2.05, 4.69) is 0 Å². The lowest BCUT2D eigenvalue weighted by Crippen LogP contribution is -2.22. The van der Waals surface area contributed by atoms with Crippen LogP contribution in [0.25, 0.3) is 0 Å². The van der Waals surface area contributed by atoms with E-state index in [4.69, 9.17) is 17.3 Å². The van der Waals surface area contributed by atoms with Crippen molar-refractivity contribution in [3.8, 4) is 0 Å². The van der Waals surface area contributed by atoms with Gasteiger partial charge in [0.2, 0.25) is 9.84 Å². The van der Waals surface area contributed by atoms with Crippen LogP contribution in [-0.2, 0) is 9.84 Å². The van der Waals surface area contributed by atoms with Gasteiger partial charge >= 0.3 is 0 Å². The molecule has 3 aromatic rings. The van der Waals surface area contributed by atoms with E-state index < -0.39 is 21.4 Å². The number of hydrogen-bond donors (Lipinski definition) is 1. The number of fused-ring (bicyclic) bond motifs is 2. The van der Waals surface area contributed by atoms with E-state index in [9.17, 15) is 18.0 Å².